The van der Waals surface area contributed by atoms with Crippen molar-refractivity contribution >= 4 is 51.0 Å². The molecule has 2 rings (SSSR count). The van der Waals surface area contributed by atoms with E-state index < -0.39 is 17.9 Å². The van der Waals surface area contributed by atoms with Gasteiger partial charge in [0.15, 0.2) is 0 Å². The maximum atomic E-state index is 12.5. The molecule has 1 heterocycles. The zero-order chi connectivity index (χ0) is 16.3. The lowest BCUT2D eigenvalue weighted by atomic mass is 10.0. The van der Waals surface area contributed by atoms with Gasteiger partial charge in [-0.3, -0.25) is 9.78 Å². The first kappa shape index (κ1) is 16.7. The van der Waals surface area contributed by atoms with Crippen molar-refractivity contribution in [1.82, 2.24) is 10.3 Å². The van der Waals surface area contributed by atoms with Crippen LogP contribution in [0.5, 0.6) is 0 Å². The predicted octanol–water partition coefficient (Wildman–Crippen LogP) is 4.34. The number of carboxylic acid groups (broad SMARTS) is 1. The van der Waals surface area contributed by atoms with Gasteiger partial charge < -0.3 is 10.4 Å². The number of Topliss-reactive ketones (excluding diaryl/α,β-unsaturated/α-hetero) is 1. The number of halogens is 3. The molecule has 0 radical (unpaired) electrons. The summed E-state index contributed by atoms with van der Waals surface area (Å²) < 4.78 is 0.710. The first-order valence-electron chi connectivity index (χ1n) is 5.98. The second-order valence-corrected chi connectivity index (χ2v) is 6.01. The number of pyridine rings is 1. The fraction of sp³-hybridized carbons (Fsp3) is 0.0714. The molecule has 5 nitrogen and oxygen atoms in total. The summed E-state index contributed by atoms with van der Waals surface area (Å²) in [5.41, 5.74) is 0.513. The Bertz CT molecular complexity index is 723. The molecule has 0 saturated heterocycles. The van der Waals surface area contributed by atoms with Crippen LogP contribution in [-0.4, -0.2) is 22.0 Å². The summed E-state index contributed by atoms with van der Waals surface area (Å²) in [6, 6.07) is 6.50. The van der Waals surface area contributed by atoms with Crippen LogP contribution in [0.3, 0.4) is 0 Å². The van der Waals surface area contributed by atoms with Gasteiger partial charge in [-0.1, -0.05) is 29.3 Å². The van der Waals surface area contributed by atoms with E-state index in [1.165, 1.54) is 30.5 Å². The number of carbonyl (C=O) groups is 2. The number of aromatic nitrogens is 1. The van der Waals surface area contributed by atoms with Crippen molar-refractivity contribution in [2.24, 2.45) is 0 Å². The van der Waals surface area contributed by atoms with Gasteiger partial charge in [-0.15, -0.1) is 0 Å². The van der Waals surface area contributed by atoms with Crippen molar-refractivity contribution in [2.75, 3.05) is 0 Å². The Balaban J connectivity index is 2.40. The van der Waals surface area contributed by atoms with E-state index in [0.29, 0.717) is 15.1 Å². The number of rotatable bonds is 4. The van der Waals surface area contributed by atoms with E-state index in [9.17, 15) is 9.59 Å². The number of nitrogens with one attached hydrogen (secondary N) is 1. The second kappa shape index (κ2) is 7.09. The molecule has 1 aromatic heterocycles. The lowest BCUT2D eigenvalue weighted by Crippen LogP contribution is -2.33. The van der Waals surface area contributed by atoms with Crippen LogP contribution in [0.25, 0.3) is 0 Å². The van der Waals surface area contributed by atoms with Crippen LogP contribution in [0.4, 0.5) is 4.79 Å². The highest BCUT2D eigenvalue weighted by Gasteiger charge is 2.25. The van der Waals surface area contributed by atoms with E-state index in [1.54, 1.807) is 6.07 Å². The summed E-state index contributed by atoms with van der Waals surface area (Å²) in [6.07, 6.45) is 0.126. The summed E-state index contributed by atoms with van der Waals surface area (Å²) in [5, 5.41) is 11.7. The lowest BCUT2D eigenvalue weighted by Gasteiger charge is -2.16. The van der Waals surface area contributed by atoms with E-state index >= 15 is 0 Å². The molecule has 0 saturated carbocycles. The highest BCUT2D eigenvalue weighted by Crippen LogP contribution is 2.27. The molecule has 1 amide bonds. The molecule has 1 unspecified atom stereocenters. The third-order valence-corrected chi connectivity index (χ3v) is 3.99. The zero-order valence-corrected chi connectivity index (χ0v) is 14.0. The number of amides is 1. The van der Waals surface area contributed by atoms with Crippen molar-refractivity contribution in [3.63, 3.8) is 0 Å². The van der Waals surface area contributed by atoms with Crippen LogP contribution < -0.4 is 5.32 Å². The van der Waals surface area contributed by atoms with E-state index in [1.807, 2.05) is 0 Å². The van der Waals surface area contributed by atoms with Crippen molar-refractivity contribution in [3.05, 3.63) is 62.3 Å². The Morgan fingerprint density at radius 1 is 1.18 bits per heavy atom. The Morgan fingerprint density at radius 2 is 1.91 bits per heavy atom. The van der Waals surface area contributed by atoms with Gasteiger partial charge in [0.1, 0.15) is 11.7 Å². The fourth-order valence-electron chi connectivity index (χ4n) is 1.79. The summed E-state index contributed by atoms with van der Waals surface area (Å²) in [7, 11) is 0. The Hall–Kier alpha value is -1.63. The summed E-state index contributed by atoms with van der Waals surface area (Å²) >= 11 is 15.0. The van der Waals surface area contributed by atoms with Gasteiger partial charge in [0.2, 0.25) is 5.78 Å². The van der Waals surface area contributed by atoms with E-state index in [-0.39, 0.29) is 10.7 Å². The standard InChI is InChI=1S/C14H9BrCl2N2O3/c15-8-2-4-11(18-6-8)13(20)12(19-14(21)22)7-1-3-9(16)10(17)5-7/h1-6,12,19H,(H,21,22). The molecule has 1 atom stereocenters. The number of hydrogen-bond acceptors (Lipinski definition) is 3. The van der Waals surface area contributed by atoms with Gasteiger partial charge in [-0.05, 0) is 45.8 Å². The highest BCUT2D eigenvalue weighted by molar-refractivity contribution is 9.10. The van der Waals surface area contributed by atoms with Crippen LogP contribution in [0.1, 0.15) is 22.1 Å². The van der Waals surface area contributed by atoms with Crippen molar-refractivity contribution < 1.29 is 14.7 Å². The van der Waals surface area contributed by atoms with Gasteiger partial charge in [0.25, 0.3) is 0 Å². The smallest absolute Gasteiger partial charge is 0.405 e. The van der Waals surface area contributed by atoms with E-state index in [2.05, 4.69) is 26.2 Å². The maximum Gasteiger partial charge on any atom is 0.405 e. The largest absolute Gasteiger partial charge is 0.465 e. The van der Waals surface area contributed by atoms with Gasteiger partial charge in [-0.25, -0.2) is 4.79 Å². The lowest BCUT2D eigenvalue weighted by molar-refractivity contribution is 0.0931. The molecule has 0 aliphatic heterocycles. The van der Waals surface area contributed by atoms with Gasteiger partial charge >= 0.3 is 6.09 Å². The van der Waals surface area contributed by atoms with E-state index in [4.69, 9.17) is 28.3 Å². The molecule has 0 bridgehead atoms. The molecule has 0 aliphatic rings. The first-order valence-corrected chi connectivity index (χ1v) is 7.53. The summed E-state index contributed by atoms with van der Waals surface area (Å²) in [4.78, 5) is 27.5. The highest BCUT2D eigenvalue weighted by atomic mass is 79.9. The molecule has 114 valence electrons. The van der Waals surface area contributed by atoms with Crippen LogP contribution in [0, 0.1) is 0 Å². The Labute approximate surface area is 144 Å². The zero-order valence-electron chi connectivity index (χ0n) is 10.9. The molecule has 0 spiro atoms. The molecule has 1 aromatic carbocycles. The van der Waals surface area contributed by atoms with Crippen LogP contribution in [0.2, 0.25) is 10.0 Å². The molecule has 0 fully saturated rings. The number of carbonyl (C=O) groups excluding carboxylic acids is 1. The Kier molecular flexibility index (Phi) is 5.39. The first-order chi connectivity index (χ1) is 10.4. The minimum atomic E-state index is -1.33. The second-order valence-electron chi connectivity index (χ2n) is 4.28. The van der Waals surface area contributed by atoms with Gasteiger partial charge in [0.05, 0.1) is 10.0 Å². The molecular formula is C14H9BrCl2N2O3. The number of ketones is 1. The molecule has 2 aromatic rings. The van der Waals surface area contributed by atoms with Crippen LogP contribution in [-0.2, 0) is 0 Å². The number of hydrogen-bond donors (Lipinski definition) is 2. The third kappa shape index (κ3) is 3.97. The van der Waals surface area contributed by atoms with E-state index in [0.717, 1.165) is 0 Å². The topological polar surface area (TPSA) is 79.3 Å². The summed E-state index contributed by atoms with van der Waals surface area (Å²) in [5.74, 6) is -0.492. The number of nitrogens with zero attached hydrogens (tertiary/aromatic N) is 1. The van der Waals surface area contributed by atoms with Gasteiger partial charge in [-0.2, -0.15) is 0 Å². The fourth-order valence-corrected chi connectivity index (χ4v) is 2.33. The van der Waals surface area contributed by atoms with Crippen LogP contribution >= 0.6 is 39.1 Å². The summed E-state index contributed by atoms with van der Waals surface area (Å²) in [6.45, 7) is 0. The minimum Gasteiger partial charge on any atom is -0.465 e. The van der Waals surface area contributed by atoms with Crippen LogP contribution in [0.15, 0.2) is 41.0 Å². The molecule has 2 N–H and O–H groups in total. The molecule has 8 heteroatoms. The van der Waals surface area contributed by atoms with Crippen molar-refractivity contribution in [1.29, 1.82) is 0 Å². The number of benzene rings is 1. The minimum absolute atomic E-state index is 0.132. The third-order valence-electron chi connectivity index (χ3n) is 2.79. The molecular weight excluding hydrogens is 395 g/mol. The average molecular weight is 404 g/mol. The monoisotopic (exact) mass is 402 g/mol. The normalized spacial score (nSPS) is 11.8. The predicted molar refractivity (Wildman–Crippen MR) is 86.6 cm³/mol. The quantitative estimate of drug-likeness (QED) is 0.744. The van der Waals surface area contributed by atoms with Gasteiger partial charge in [0, 0.05) is 10.7 Å². The Morgan fingerprint density at radius 3 is 2.45 bits per heavy atom. The molecule has 0 aliphatic carbocycles. The van der Waals surface area contributed by atoms with Crippen molar-refractivity contribution in [2.45, 2.75) is 6.04 Å². The molecule has 22 heavy (non-hydrogen) atoms. The van der Waals surface area contributed by atoms with Crippen molar-refractivity contribution in [3.8, 4) is 0 Å². The average Bonchev–Trinajstić information content (AvgIpc) is 2.48. The SMILES string of the molecule is O=C(O)NC(C(=O)c1ccc(Br)cn1)c1ccc(Cl)c(Cl)c1. The maximum absolute atomic E-state index is 12.5.